The predicted octanol–water partition coefficient (Wildman–Crippen LogP) is 1.90. The fraction of sp³-hybridized carbons (Fsp3) is 1.00. The van der Waals surface area contributed by atoms with Crippen molar-refractivity contribution in [3.05, 3.63) is 31.3 Å². The molecule has 0 radical (unpaired) electrons. The second-order valence-electron chi connectivity index (χ2n) is 4.87. The van der Waals surface area contributed by atoms with Gasteiger partial charge in [-0.1, -0.05) is 22.3 Å². The molecule has 6 atom stereocenters. The van der Waals surface area contributed by atoms with Crippen LogP contribution in [-0.2, 0) is 4.74 Å². The van der Waals surface area contributed by atoms with Gasteiger partial charge in [0.2, 0.25) is 0 Å². The quantitative estimate of drug-likeness (QED) is 0.444. The highest BCUT2D eigenvalue weighted by Gasteiger charge is 2.46. The van der Waals surface area contributed by atoms with Crippen molar-refractivity contribution in [3.63, 3.8) is 0 Å². The number of azide groups is 3. The first-order chi connectivity index (χ1) is 9.86. The molecular weight excluding hydrogens is 282 g/mol. The fourth-order valence-corrected chi connectivity index (χ4v) is 2.26. The lowest BCUT2D eigenvalue weighted by Crippen LogP contribution is -2.57. The fourth-order valence-electron chi connectivity index (χ4n) is 2.26. The van der Waals surface area contributed by atoms with Crippen molar-refractivity contribution < 1.29 is 14.9 Å². The van der Waals surface area contributed by atoms with Crippen LogP contribution in [0.3, 0.4) is 0 Å². The molecule has 12 heteroatoms. The molecule has 21 heavy (non-hydrogen) atoms. The Morgan fingerprint density at radius 1 is 1.24 bits per heavy atom. The molecule has 0 bridgehead atoms. The Morgan fingerprint density at radius 2 is 1.86 bits per heavy atom. The zero-order valence-corrected chi connectivity index (χ0v) is 11.4. The lowest BCUT2D eigenvalue weighted by Gasteiger charge is -2.43. The van der Waals surface area contributed by atoms with Crippen LogP contribution < -0.4 is 0 Å². The molecule has 1 rings (SSSR count). The number of rotatable bonds is 5. The maximum atomic E-state index is 9.99. The summed E-state index contributed by atoms with van der Waals surface area (Å²) in [6, 6.07) is -2.96. The first-order valence-corrected chi connectivity index (χ1v) is 6.07. The molecule has 4 unspecified atom stereocenters. The number of aliphatic hydroxyl groups excluding tert-OH is 1. The van der Waals surface area contributed by atoms with Gasteiger partial charge in [-0.15, -0.1) is 0 Å². The summed E-state index contributed by atoms with van der Waals surface area (Å²) >= 11 is 0. The van der Waals surface area contributed by atoms with Crippen molar-refractivity contribution in [2.45, 2.75) is 56.4 Å². The number of hydrogen-bond donors (Lipinski definition) is 2. The van der Waals surface area contributed by atoms with Crippen LogP contribution in [0.5, 0.6) is 0 Å². The van der Waals surface area contributed by atoms with Gasteiger partial charge in [-0.3, -0.25) is 0 Å². The molecule has 1 aliphatic heterocycles. The second-order valence-corrected chi connectivity index (χ2v) is 4.87. The van der Waals surface area contributed by atoms with Crippen LogP contribution in [0, 0.1) is 0 Å². The predicted molar refractivity (Wildman–Crippen MR) is 70.6 cm³/mol. The van der Waals surface area contributed by atoms with E-state index in [0.717, 1.165) is 0 Å². The molecule has 1 fully saturated rings. The van der Waals surface area contributed by atoms with Gasteiger partial charge >= 0.3 is 0 Å². The molecule has 1 aliphatic rings. The van der Waals surface area contributed by atoms with Crippen molar-refractivity contribution in [1.29, 1.82) is 0 Å². The van der Waals surface area contributed by atoms with Gasteiger partial charge in [-0.25, -0.2) is 0 Å². The van der Waals surface area contributed by atoms with Crippen LogP contribution in [0.15, 0.2) is 15.3 Å². The van der Waals surface area contributed by atoms with Crippen LogP contribution in [0.25, 0.3) is 31.3 Å². The lowest BCUT2D eigenvalue weighted by atomic mass is 9.88. The Hall–Kier alpha value is -2.19. The molecular formula is C9H15N9O3. The van der Waals surface area contributed by atoms with Gasteiger partial charge < -0.3 is 14.9 Å². The zero-order valence-electron chi connectivity index (χ0n) is 11.4. The molecule has 0 amide bonds. The highest BCUT2D eigenvalue weighted by Crippen LogP contribution is 2.33. The number of nitrogens with zero attached hydrogens (tertiary/aromatic N) is 9. The van der Waals surface area contributed by atoms with Crippen LogP contribution in [-0.4, -0.2) is 46.3 Å². The van der Waals surface area contributed by atoms with Gasteiger partial charge in [0, 0.05) is 27.2 Å². The maximum Gasteiger partial charge on any atom is 0.165 e. The van der Waals surface area contributed by atoms with E-state index in [1.54, 1.807) is 0 Å². The normalized spacial score (nSPS) is 34.6. The first kappa shape index (κ1) is 16.9. The van der Waals surface area contributed by atoms with Crippen molar-refractivity contribution in [3.8, 4) is 0 Å². The summed E-state index contributed by atoms with van der Waals surface area (Å²) in [5.74, 6) is -1.69. The third-order valence-electron chi connectivity index (χ3n) is 3.14. The van der Waals surface area contributed by atoms with Crippen LogP contribution in [0.1, 0.15) is 20.3 Å². The summed E-state index contributed by atoms with van der Waals surface area (Å²) < 4.78 is 5.37. The molecule has 12 nitrogen and oxygen atoms in total. The van der Waals surface area contributed by atoms with E-state index in [9.17, 15) is 10.2 Å². The van der Waals surface area contributed by atoms with Gasteiger partial charge in [0.1, 0.15) is 0 Å². The Kier molecular flexibility index (Phi) is 5.62. The summed E-state index contributed by atoms with van der Waals surface area (Å²) in [5, 5.41) is 30.3. The molecule has 0 aromatic carbocycles. The third-order valence-corrected chi connectivity index (χ3v) is 3.14. The van der Waals surface area contributed by atoms with E-state index in [0.29, 0.717) is 0 Å². The van der Waals surface area contributed by atoms with E-state index in [1.807, 2.05) is 0 Å². The van der Waals surface area contributed by atoms with Gasteiger partial charge in [0.15, 0.2) is 5.79 Å². The van der Waals surface area contributed by atoms with Crippen molar-refractivity contribution in [1.82, 2.24) is 0 Å². The van der Waals surface area contributed by atoms with Crippen LogP contribution in [0.2, 0.25) is 0 Å². The van der Waals surface area contributed by atoms with E-state index >= 15 is 0 Å². The summed E-state index contributed by atoms with van der Waals surface area (Å²) in [6.45, 7) is 2.80. The summed E-state index contributed by atoms with van der Waals surface area (Å²) in [6.07, 6.45) is -2.49. The Labute approximate surface area is 119 Å². The first-order valence-electron chi connectivity index (χ1n) is 6.07. The largest absolute Gasteiger partial charge is 0.392 e. The van der Waals surface area contributed by atoms with Crippen LogP contribution >= 0.6 is 0 Å². The van der Waals surface area contributed by atoms with Crippen molar-refractivity contribution >= 4 is 0 Å². The molecule has 0 aromatic rings. The SMILES string of the molecule is CC(N=[N+]=[N-])C(N=[N+]=[N-])C1OC(C)(O)C[C@@H](O)[C@H]1N=[N+]=[N-]. The zero-order chi connectivity index (χ0) is 16.0. The van der Waals surface area contributed by atoms with E-state index < -0.39 is 36.1 Å². The molecule has 1 heterocycles. The summed E-state index contributed by atoms with van der Waals surface area (Å²) in [7, 11) is 0. The number of hydrogen-bond acceptors (Lipinski definition) is 6. The smallest absolute Gasteiger partial charge is 0.165 e. The van der Waals surface area contributed by atoms with Crippen molar-refractivity contribution in [2.75, 3.05) is 0 Å². The van der Waals surface area contributed by atoms with Gasteiger partial charge in [0.05, 0.1) is 24.3 Å². The second kappa shape index (κ2) is 7.00. The molecule has 0 saturated carbocycles. The van der Waals surface area contributed by atoms with E-state index in [4.69, 9.17) is 21.3 Å². The number of aliphatic hydroxyl groups is 2. The lowest BCUT2D eigenvalue weighted by molar-refractivity contribution is -0.270. The standard InChI is InChI=1S/C9H15N9O3/c1-4(13-16-10)6(14-17-11)8-7(15-18-12)5(19)3-9(2,20)21-8/h4-8,19-20H,3H2,1-2H3/t4?,5-,6?,7-,8?,9?/m1/s1. The monoisotopic (exact) mass is 297 g/mol. The number of ether oxygens (including phenoxy) is 1. The van der Waals surface area contributed by atoms with E-state index in [1.165, 1.54) is 13.8 Å². The average molecular weight is 297 g/mol. The Balaban J connectivity index is 3.23. The molecule has 1 saturated heterocycles. The maximum absolute atomic E-state index is 9.99. The van der Waals surface area contributed by atoms with E-state index in [2.05, 4.69) is 30.1 Å². The Bertz CT molecular complexity index is 519. The molecule has 2 N–H and O–H groups in total. The topological polar surface area (TPSA) is 196 Å². The molecule has 0 aromatic heterocycles. The molecule has 114 valence electrons. The molecule has 0 spiro atoms. The van der Waals surface area contributed by atoms with Crippen molar-refractivity contribution in [2.24, 2.45) is 15.3 Å². The summed E-state index contributed by atoms with van der Waals surface area (Å²) in [4.78, 5) is 7.88. The van der Waals surface area contributed by atoms with E-state index in [-0.39, 0.29) is 6.42 Å². The van der Waals surface area contributed by atoms with Crippen LogP contribution in [0.4, 0.5) is 0 Å². The average Bonchev–Trinajstić information content (AvgIpc) is 2.38. The highest BCUT2D eigenvalue weighted by atomic mass is 16.6. The van der Waals surface area contributed by atoms with Gasteiger partial charge in [-0.05, 0) is 23.5 Å². The Morgan fingerprint density at radius 3 is 2.38 bits per heavy atom. The third kappa shape index (κ3) is 4.14. The summed E-state index contributed by atoms with van der Waals surface area (Å²) in [5.41, 5.74) is 25.7. The highest BCUT2D eigenvalue weighted by molar-refractivity contribution is 5.01. The minimum atomic E-state index is -1.69. The minimum Gasteiger partial charge on any atom is -0.392 e. The minimum absolute atomic E-state index is 0.175. The van der Waals surface area contributed by atoms with Gasteiger partial charge in [0.25, 0.3) is 0 Å². The van der Waals surface area contributed by atoms with Gasteiger partial charge in [-0.2, -0.15) is 0 Å². The molecule has 0 aliphatic carbocycles.